The largest absolute Gasteiger partial charge is 0.384 e. The summed E-state index contributed by atoms with van der Waals surface area (Å²) in [7, 11) is 1.71. The Labute approximate surface area is 160 Å². The molecule has 0 radical (unpaired) electrons. The zero-order valence-corrected chi connectivity index (χ0v) is 16.0. The van der Waals surface area contributed by atoms with Crippen molar-refractivity contribution in [2.24, 2.45) is 5.41 Å². The van der Waals surface area contributed by atoms with Crippen LogP contribution in [0.5, 0.6) is 0 Å². The van der Waals surface area contributed by atoms with Crippen molar-refractivity contribution in [3.63, 3.8) is 0 Å². The first kappa shape index (κ1) is 20.4. The summed E-state index contributed by atoms with van der Waals surface area (Å²) in [6.45, 7) is 4.88. The van der Waals surface area contributed by atoms with Crippen LogP contribution in [0.25, 0.3) is 11.3 Å². The molecule has 1 aliphatic heterocycles. The van der Waals surface area contributed by atoms with Gasteiger partial charge in [0.15, 0.2) is 0 Å². The van der Waals surface area contributed by atoms with Gasteiger partial charge < -0.3 is 19.9 Å². The fourth-order valence-corrected chi connectivity index (χ4v) is 3.42. The molecule has 1 aromatic heterocycles. The quantitative estimate of drug-likeness (QED) is 0.807. The molecule has 0 bridgehead atoms. The summed E-state index contributed by atoms with van der Waals surface area (Å²) in [5, 5.41) is 10.5. The van der Waals surface area contributed by atoms with E-state index < -0.39 is 0 Å². The number of rotatable bonds is 6. The third-order valence-electron chi connectivity index (χ3n) is 4.88. The minimum absolute atomic E-state index is 0. The normalized spacial score (nSPS) is 15.9. The van der Waals surface area contributed by atoms with E-state index in [2.05, 4.69) is 15.8 Å². The molecule has 1 aromatic carbocycles. The van der Waals surface area contributed by atoms with E-state index in [9.17, 15) is 4.79 Å². The summed E-state index contributed by atoms with van der Waals surface area (Å²) in [6, 6.07) is 9.62. The van der Waals surface area contributed by atoms with E-state index in [1.807, 2.05) is 30.3 Å². The summed E-state index contributed by atoms with van der Waals surface area (Å²) in [5.41, 5.74) is 1.94. The lowest BCUT2D eigenvalue weighted by Gasteiger charge is -2.37. The second kappa shape index (κ2) is 9.16. The highest BCUT2D eigenvalue weighted by molar-refractivity contribution is 6.00. The van der Waals surface area contributed by atoms with Gasteiger partial charge in [-0.25, -0.2) is 0 Å². The molecule has 3 rings (SSSR count). The van der Waals surface area contributed by atoms with Gasteiger partial charge in [-0.2, -0.15) is 0 Å². The number of halogens is 1. The predicted molar refractivity (Wildman–Crippen MR) is 103 cm³/mol. The number of piperidine rings is 1. The highest BCUT2D eigenvalue weighted by Gasteiger charge is 2.33. The second-order valence-corrected chi connectivity index (χ2v) is 6.69. The fourth-order valence-electron chi connectivity index (χ4n) is 3.42. The number of aryl methyl sites for hydroxylation is 1. The zero-order valence-electron chi connectivity index (χ0n) is 15.2. The molecule has 0 unspecified atom stereocenters. The Balaban J connectivity index is 0.00000243. The molecular weight excluding hydrogens is 354 g/mol. The Hall–Kier alpha value is -1.89. The summed E-state index contributed by atoms with van der Waals surface area (Å²) >= 11 is 0. The lowest BCUT2D eigenvalue weighted by molar-refractivity contribution is 0.0511. The van der Waals surface area contributed by atoms with Gasteiger partial charge in [0.25, 0.3) is 5.91 Å². The van der Waals surface area contributed by atoms with Crippen molar-refractivity contribution in [3.05, 3.63) is 41.7 Å². The number of amides is 1. The molecule has 2 heterocycles. The van der Waals surface area contributed by atoms with E-state index in [0.717, 1.165) is 31.5 Å². The minimum atomic E-state index is -0.147. The van der Waals surface area contributed by atoms with Crippen LogP contribution in [0.4, 0.5) is 0 Å². The Morgan fingerprint density at radius 3 is 2.65 bits per heavy atom. The molecule has 0 saturated carbocycles. The number of ether oxygens (including phenoxy) is 1. The van der Waals surface area contributed by atoms with Crippen LogP contribution in [-0.2, 0) is 4.74 Å². The van der Waals surface area contributed by atoms with E-state index in [1.54, 1.807) is 14.0 Å². The molecule has 2 aromatic rings. The summed E-state index contributed by atoms with van der Waals surface area (Å²) in [5.74, 6) is 0.383. The molecule has 26 heavy (non-hydrogen) atoms. The van der Waals surface area contributed by atoms with Gasteiger partial charge in [-0.15, -0.1) is 12.4 Å². The van der Waals surface area contributed by atoms with Gasteiger partial charge in [0.2, 0.25) is 0 Å². The molecule has 0 atom stereocenters. The van der Waals surface area contributed by atoms with E-state index >= 15 is 0 Å². The maximum atomic E-state index is 12.8. The van der Waals surface area contributed by atoms with Crippen LogP contribution in [0.15, 0.2) is 34.9 Å². The first-order chi connectivity index (χ1) is 12.2. The maximum Gasteiger partial charge on any atom is 0.257 e. The molecule has 1 aliphatic rings. The first-order valence-corrected chi connectivity index (χ1v) is 8.65. The Bertz CT molecular complexity index is 707. The number of nitrogens with one attached hydrogen (secondary N) is 2. The Morgan fingerprint density at radius 1 is 1.31 bits per heavy atom. The number of aromatic nitrogens is 1. The summed E-state index contributed by atoms with van der Waals surface area (Å²) in [6.07, 6.45) is 1.96. The van der Waals surface area contributed by atoms with Gasteiger partial charge in [-0.05, 0) is 32.9 Å². The molecule has 0 aliphatic carbocycles. The maximum absolute atomic E-state index is 12.8. The number of benzene rings is 1. The smallest absolute Gasteiger partial charge is 0.257 e. The van der Waals surface area contributed by atoms with Crippen LogP contribution in [0, 0.1) is 12.3 Å². The topological polar surface area (TPSA) is 76.4 Å². The van der Waals surface area contributed by atoms with Crippen LogP contribution >= 0.6 is 12.4 Å². The molecule has 7 heteroatoms. The zero-order chi connectivity index (χ0) is 17.7. The van der Waals surface area contributed by atoms with Gasteiger partial charge in [-0.1, -0.05) is 35.5 Å². The fraction of sp³-hybridized carbons (Fsp3) is 0.474. The lowest BCUT2D eigenvalue weighted by Crippen LogP contribution is -2.47. The lowest BCUT2D eigenvalue weighted by atomic mass is 9.79. The average molecular weight is 380 g/mol. The standard InChI is InChI=1S/C19H25N3O3.ClH/c1-14-16(17(22-25-14)15-6-4-3-5-7-15)18(23)21-12-19(13-24-2)8-10-20-11-9-19;/h3-7,20H,8-13H2,1-2H3,(H,21,23);1H. The van der Waals surface area contributed by atoms with Crippen molar-refractivity contribution in [3.8, 4) is 11.3 Å². The summed E-state index contributed by atoms with van der Waals surface area (Å²) in [4.78, 5) is 12.8. The Morgan fingerprint density at radius 2 is 2.00 bits per heavy atom. The molecule has 142 valence electrons. The van der Waals surface area contributed by atoms with Crippen LogP contribution in [-0.4, -0.2) is 44.4 Å². The number of hydrogen-bond acceptors (Lipinski definition) is 5. The molecule has 0 spiro atoms. The van der Waals surface area contributed by atoms with E-state index in [0.29, 0.717) is 30.2 Å². The van der Waals surface area contributed by atoms with Gasteiger partial charge >= 0.3 is 0 Å². The number of hydrogen-bond donors (Lipinski definition) is 2. The van der Waals surface area contributed by atoms with Crippen molar-refractivity contribution in [2.45, 2.75) is 19.8 Å². The molecule has 1 fully saturated rings. The number of carbonyl (C=O) groups is 1. The van der Waals surface area contributed by atoms with Crippen LogP contribution < -0.4 is 10.6 Å². The second-order valence-electron chi connectivity index (χ2n) is 6.69. The van der Waals surface area contributed by atoms with Gasteiger partial charge in [0.1, 0.15) is 17.0 Å². The monoisotopic (exact) mass is 379 g/mol. The average Bonchev–Trinajstić information content (AvgIpc) is 3.03. The third-order valence-corrected chi connectivity index (χ3v) is 4.88. The van der Waals surface area contributed by atoms with Crippen molar-refractivity contribution in [1.82, 2.24) is 15.8 Å². The van der Waals surface area contributed by atoms with Crippen molar-refractivity contribution in [2.75, 3.05) is 33.4 Å². The van der Waals surface area contributed by atoms with Crippen LogP contribution in [0.3, 0.4) is 0 Å². The molecule has 1 amide bonds. The number of carbonyl (C=O) groups excluding carboxylic acids is 1. The van der Waals surface area contributed by atoms with Crippen LogP contribution in [0.1, 0.15) is 29.0 Å². The minimum Gasteiger partial charge on any atom is -0.384 e. The molecule has 6 nitrogen and oxygen atoms in total. The highest BCUT2D eigenvalue weighted by atomic mass is 35.5. The van der Waals surface area contributed by atoms with Crippen molar-refractivity contribution >= 4 is 18.3 Å². The van der Waals surface area contributed by atoms with E-state index in [-0.39, 0.29) is 23.7 Å². The summed E-state index contributed by atoms with van der Waals surface area (Å²) < 4.78 is 10.7. The van der Waals surface area contributed by atoms with E-state index in [1.165, 1.54) is 0 Å². The SMILES string of the molecule is COCC1(CNC(=O)c2c(-c3ccccc3)noc2C)CCNCC1.Cl. The van der Waals surface area contributed by atoms with Crippen molar-refractivity contribution < 1.29 is 14.1 Å². The van der Waals surface area contributed by atoms with Gasteiger partial charge in [-0.3, -0.25) is 4.79 Å². The highest BCUT2D eigenvalue weighted by Crippen LogP contribution is 2.29. The van der Waals surface area contributed by atoms with Gasteiger partial charge in [0, 0.05) is 24.6 Å². The van der Waals surface area contributed by atoms with E-state index in [4.69, 9.17) is 9.26 Å². The molecule has 2 N–H and O–H groups in total. The van der Waals surface area contributed by atoms with Gasteiger partial charge in [0.05, 0.1) is 6.61 Å². The van der Waals surface area contributed by atoms with Crippen molar-refractivity contribution in [1.29, 1.82) is 0 Å². The predicted octanol–water partition coefficient (Wildman–Crippen LogP) is 2.82. The first-order valence-electron chi connectivity index (χ1n) is 8.65. The third kappa shape index (κ3) is 4.44. The number of nitrogens with zero attached hydrogens (tertiary/aromatic N) is 1. The molecular formula is C19H26ClN3O3. The number of methoxy groups -OCH3 is 1. The van der Waals surface area contributed by atoms with Crippen LogP contribution in [0.2, 0.25) is 0 Å². The molecule has 1 saturated heterocycles. The Kier molecular flexibility index (Phi) is 7.20.